The summed E-state index contributed by atoms with van der Waals surface area (Å²) in [6, 6.07) is 14.6. The molecule has 0 unspecified atom stereocenters. The van der Waals surface area contributed by atoms with Gasteiger partial charge in [0.2, 0.25) is 11.9 Å². The Morgan fingerprint density at radius 3 is 2.53 bits per heavy atom. The number of benzene rings is 2. The molecule has 9 heteroatoms. The SMILES string of the molecule is CCOC(=O)c1ccc(NC(=O)CN2CCN(c3nccn3-c3cccc(OC)c3)CC2)cc1. The largest absolute Gasteiger partial charge is 0.497 e. The van der Waals surface area contributed by atoms with Crippen molar-refractivity contribution < 1.29 is 19.1 Å². The first-order valence-electron chi connectivity index (χ1n) is 11.3. The van der Waals surface area contributed by atoms with Crippen LogP contribution in [-0.2, 0) is 9.53 Å². The molecule has 2 heterocycles. The highest BCUT2D eigenvalue weighted by atomic mass is 16.5. The summed E-state index contributed by atoms with van der Waals surface area (Å²) in [6.07, 6.45) is 3.74. The molecule has 2 aromatic carbocycles. The molecule has 0 radical (unpaired) electrons. The second-order valence-electron chi connectivity index (χ2n) is 7.91. The average Bonchev–Trinajstić information content (AvgIpc) is 3.35. The lowest BCUT2D eigenvalue weighted by Crippen LogP contribution is -2.49. The maximum absolute atomic E-state index is 12.5. The Kier molecular flexibility index (Phi) is 7.44. The highest BCUT2D eigenvalue weighted by Gasteiger charge is 2.22. The maximum Gasteiger partial charge on any atom is 0.338 e. The standard InChI is InChI=1S/C25H29N5O4/c1-3-34-24(32)19-7-9-20(10-8-19)27-23(31)18-28-13-15-29(16-14-28)25-26-11-12-30(25)21-5-4-6-22(17-21)33-2/h4-12,17H,3,13-16,18H2,1-2H3,(H,27,31). The van der Waals surface area contributed by atoms with E-state index in [-0.39, 0.29) is 11.9 Å². The van der Waals surface area contributed by atoms with Gasteiger partial charge in [-0.3, -0.25) is 14.3 Å². The van der Waals surface area contributed by atoms with Gasteiger partial charge in [-0.25, -0.2) is 9.78 Å². The summed E-state index contributed by atoms with van der Waals surface area (Å²) in [5.41, 5.74) is 2.10. The van der Waals surface area contributed by atoms with E-state index in [1.165, 1.54) is 0 Å². The molecule has 0 aliphatic carbocycles. The summed E-state index contributed by atoms with van der Waals surface area (Å²) < 4.78 is 12.4. The van der Waals surface area contributed by atoms with Crippen LogP contribution in [0.1, 0.15) is 17.3 Å². The minimum absolute atomic E-state index is 0.0878. The van der Waals surface area contributed by atoms with Crippen LogP contribution in [0.15, 0.2) is 60.9 Å². The first-order chi connectivity index (χ1) is 16.6. The normalized spacial score (nSPS) is 14.0. The van der Waals surface area contributed by atoms with E-state index in [0.717, 1.165) is 43.6 Å². The zero-order chi connectivity index (χ0) is 23.9. The van der Waals surface area contributed by atoms with Crippen molar-refractivity contribution in [3.05, 3.63) is 66.5 Å². The lowest BCUT2D eigenvalue weighted by atomic mass is 10.2. The first-order valence-corrected chi connectivity index (χ1v) is 11.3. The lowest BCUT2D eigenvalue weighted by Gasteiger charge is -2.35. The van der Waals surface area contributed by atoms with Gasteiger partial charge in [0.1, 0.15) is 5.75 Å². The molecule has 1 aromatic heterocycles. The van der Waals surface area contributed by atoms with Crippen molar-refractivity contribution in [1.82, 2.24) is 14.5 Å². The number of rotatable bonds is 8. The number of carbonyl (C=O) groups is 2. The van der Waals surface area contributed by atoms with Crippen molar-refractivity contribution in [3.8, 4) is 11.4 Å². The third-order valence-electron chi connectivity index (χ3n) is 5.65. The molecule has 3 aromatic rings. The highest BCUT2D eigenvalue weighted by molar-refractivity contribution is 5.94. The molecule has 0 saturated carbocycles. The molecule has 4 rings (SSSR count). The second kappa shape index (κ2) is 10.8. The number of methoxy groups -OCH3 is 1. The zero-order valence-corrected chi connectivity index (χ0v) is 19.4. The number of esters is 1. The molecule has 1 aliphatic rings. The fourth-order valence-corrected chi connectivity index (χ4v) is 3.91. The summed E-state index contributed by atoms with van der Waals surface area (Å²) in [4.78, 5) is 33.2. The van der Waals surface area contributed by atoms with Crippen molar-refractivity contribution in [2.45, 2.75) is 6.92 Å². The summed E-state index contributed by atoms with van der Waals surface area (Å²) in [7, 11) is 1.65. The number of hydrogen-bond donors (Lipinski definition) is 1. The van der Waals surface area contributed by atoms with Crippen molar-refractivity contribution >= 4 is 23.5 Å². The van der Waals surface area contributed by atoms with Crippen LogP contribution in [0, 0.1) is 0 Å². The van der Waals surface area contributed by atoms with Gasteiger partial charge in [-0.2, -0.15) is 0 Å². The average molecular weight is 464 g/mol. The Morgan fingerprint density at radius 2 is 1.82 bits per heavy atom. The van der Waals surface area contributed by atoms with Crippen LogP contribution in [0.25, 0.3) is 5.69 Å². The molecular weight excluding hydrogens is 434 g/mol. The molecular formula is C25H29N5O4. The van der Waals surface area contributed by atoms with E-state index in [1.54, 1.807) is 44.5 Å². The van der Waals surface area contributed by atoms with Crippen LogP contribution in [0.4, 0.5) is 11.6 Å². The van der Waals surface area contributed by atoms with Gasteiger partial charge in [0.05, 0.1) is 31.5 Å². The smallest absolute Gasteiger partial charge is 0.338 e. The number of aromatic nitrogens is 2. The number of nitrogens with zero attached hydrogens (tertiary/aromatic N) is 4. The van der Waals surface area contributed by atoms with E-state index in [4.69, 9.17) is 9.47 Å². The Balaban J connectivity index is 1.30. The molecule has 1 amide bonds. The number of carbonyl (C=O) groups excluding carboxylic acids is 2. The van der Waals surface area contributed by atoms with Crippen LogP contribution < -0.4 is 15.0 Å². The topological polar surface area (TPSA) is 88.9 Å². The summed E-state index contributed by atoms with van der Waals surface area (Å²) >= 11 is 0. The summed E-state index contributed by atoms with van der Waals surface area (Å²) in [5.74, 6) is 1.21. The number of imidazole rings is 1. The van der Waals surface area contributed by atoms with E-state index < -0.39 is 0 Å². The van der Waals surface area contributed by atoms with E-state index in [9.17, 15) is 9.59 Å². The monoisotopic (exact) mass is 463 g/mol. The first kappa shape index (κ1) is 23.3. The minimum atomic E-state index is -0.370. The number of ether oxygens (including phenoxy) is 2. The quantitative estimate of drug-likeness (QED) is 0.514. The van der Waals surface area contributed by atoms with Gasteiger partial charge in [0.25, 0.3) is 0 Å². The molecule has 1 aliphatic heterocycles. The van der Waals surface area contributed by atoms with Crippen LogP contribution in [-0.4, -0.2) is 72.8 Å². The third-order valence-corrected chi connectivity index (χ3v) is 5.65. The second-order valence-corrected chi connectivity index (χ2v) is 7.91. The van der Waals surface area contributed by atoms with E-state index in [1.807, 2.05) is 35.0 Å². The van der Waals surface area contributed by atoms with Crippen LogP contribution in [0.5, 0.6) is 5.75 Å². The number of amides is 1. The number of piperazine rings is 1. The Morgan fingerprint density at radius 1 is 1.06 bits per heavy atom. The minimum Gasteiger partial charge on any atom is -0.497 e. The molecule has 0 atom stereocenters. The molecule has 178 valence electrons. The fraction of sp³-hybridized carbons (Fsp3) is 0.320. The van der Waals surface area contributed by atoms with Gasteiger partial charge in [-0.05, 0) is 43.3 Å². The zero-order valence-electron chi connectivity index (χ0n) is 19.4. The summed E-state index contributed by atoms with van der Waals surface area (Å²) in [5, 5.41) is 2.89. The fourth-order valence-electron chi connectivity index (χ4n) is 3.91. The molecule has 1 saturated heterocycles. The molecule has 0 spiro atoms. The van der Waals surface area contributed by atoms with Gasteiger partial charge >= 0.3 is 5.97 Å². The Bertz CT molecular complexity index is 1120. The van der Waals surface area contributed by atoms with Crippen LogP contribution >= 0.6 is 0 Å². The molecule has 1 fully saturated rings. The number of anilines is 2. The van der Waals surface area contributed by atoms with E-state index in [2.05, 4.69) is 20.1 Å². The van der Waals surface area contributed by atoms with E-state index in [0.29, 0.717) is 24.4 Å². The van der Waals surface area contributed by atoms with Crippen LogP contribution in [0.2, 0.25) is 0 Å². The van der Waals surface area contributed by atoms with Gasteiger partial charge in [-0.15, -0.1) is 0 Å². The number of nitrogens with one attached hydrogen (secondary N) is 1. The Labute approximate surface area is 198 Å². The highest BCUT2D eigenvalue weighted by Crippen LogP contribution is 2.23. The van der Waals surface area contributed by atoms with Gasteiger partial charge in [-0.1, -0.05) is 6.07 Å². The predicted octanol–water partition coefficient (Wildman–Crippen LogP) is 2.82. The van der Waals surface area contributed by atoms with Crippen molar-refractivity contribution in [3.63, 3.8) is 0 Å². The summed E-state index contributed by atoms with van der Waals surface area (Å²) in [6.45, 7) is 5.43. The molecule has 0 bridgehead atoms. The van der Waals surface area contributed by atoms with Gasteiger partial charge < -0.3 is 19.7 Å². The predicted molar refractivity (Wildman–Crippen MR) is 130 cm³/mol. The Hall–Kier alpha value is -3.85. The van der Waals surface area contributed by atoms with E-state index >= 15 is 0 Å². The van der Waals surface area contributed by atoms with Crippen LogP contribution in [0.3, 0.4) is 0 Å². The van der Waals surface area contributed by atoms with Crippen molar-refractivity contribution in [1.29, 1.82) is 0 Å². The van der Waals surface area contributed by atoms with Gasteiger partial charge in [0.15, 0.2) is 0 Å². The number of hydrogen-bond acceptors (Lipinski definition) is 7. The molecule has 34 heavy (non-hydrogen) atoms. The maximum atomic E-state index is 12.5. The van der Waals surface area contributed by atoms with Crippen molar-refractivity contribution in [2.24, 2.45) is 0 Å². The molecule has 9 nitrogen and oxygen atoms in total. The third kappa shape index (κ3) is 5.55. The van der Waals surface area contributed by atoms with Gasteiger partial charge in [0, 0.05) is 50.3 Å². The lowest BCUT2D eigenvalue weighted by molar-refractivity contribution is -0.117. The van der Waals surface area contributed by atoms with Crippen molar-refractivity contribution in [2.75, 3.05) is 56.7 Å². The molecule has 1 N–H and O–H groups in total.